The lowest BCUT2D eigenvalue weighted by atomic mass is 9.95. The summed E-state index contributed by atoms with van der Waals surface area (Å²) < 4.78 is 36.9. The number of nitrogens with zero attached hydrogens (tertiary/aromatic N) is 16. The first-order chi connectivity index (χ1) is 55.3. The maximum atomic E-state index is 15.5. The van der Waals surface area contributed by atoms with Crippen molar-refractivity contribution in [2.24, 2.45) is 5.92 Å². The monoisotopic (exact) mass is 1560 g/mol. The Morgan fingerprint density at radius 2 is 1.06 bits per heavy atom. The zero-order valence-electron chi connectivity index (χ0n) is 64.5. The van der Waals surface area contributed by atoms with Crippen LogP contribution in [-0.4, -0.2) is 195 Å². The highest BCUT2D eigenvalue weighted by atomic mass is 19.1. The second kappa shape index (κ2) is 31.6. The number of imide groups is 2. The molecule has 6 fully saturated rings. The van der Waals surface area contributed by atoms with E-state index in [1.165, 1.54) is 33.9 Å². The van der Waals surface area contributed by atoms with Crippen LogP contribution in [0.5, 0.6) is 0 Å². The first-order valence-electron chi connectivity index (χ1n) is 39.0. The van der Waals surface area contributed by atoms with Gasteiger partial charge < -0.3 is 51.1 Å². The number of rotatable bonds is 24. The fourth-order valence-electron chi connectivity index (χ4n) is 16.3. The quantitative estimate of drug-likeness (QED) is 0.0211. The van der Waals surface area contributed by atoms with Gasteiger partial charge in [-0.25, -0.2) is 47.4 Å². The van der Waals surface area contributed by atoms with Crippen LogP contribution in [-0.2, 0) is 43.5 Å². The van der Waals surface area contributed by atoms with Gasteiger partial charge in [-0.3, -0.25) is 49.2 Å². The Hall–Kier alpha value is -12.3. The van der Waals surface area contributed by atoms with E-state index in [4.69, 9.17) is 19.9 Å². The van der Waals surface area contributed by atoms with Gasteiger partial charge >= 0.3 is 0 Å². The molecule has 0 bridgehead atoms. The van der Waals surface area contributed by atoms with Crippen LogP contribution in [0, 0.1) is 17.6 Å². The van der Waals surface area contributed by atoms with E-state index in [0.717, 1.165) is 96.2 Å². The average Bonchev–Trinajstić information content (AvgIpc) is 1.61. The fraction of sp³-hybridized carbons (Fsp3) is 0.373. The van der Waals surface area contributed by atoms with E-state index in [0.29, 0.717) is 88.8 Å². The average molecular weight is 1560 g/mol. The fourth-order valence-corrected chi connectivity index (χ4v) is 16.3. The Kier molecular flexibility index (Phi) is 21.1. The number of hydrogen-bond donors (Lipinski definition) is 8. The molecule has 12 heterocycles. The summed E-state index contributed by atoms with van der Waals surface area (Å²) in [7, 11) is 0. The second-order valence-corrected chi connectivity index (χ2v) is 31.5. The molecule has 0 aliphatic carbocycles. The molecule has 6 aromatic heterocycles. The van der Waals surface area contributed by atoms with Crippen LogP contribution in [0.3, 0.4) is 0 Å². The molecule has 8 N–H and O–H groups in total. The van der Waals surface area contributed by atoms with Gasteiger partial charge in [0.15, 0.2) is 22.9 Å². The number of carbonyl (C=O) groups is 4. The van der Waals surface area contributed by atoms with Crippen LogP contribution < -0.4 is 62.6 Å². The van der Waals surface area contributed by atoms with Gasteiger partial charge in [0.05, 0.1) is 35.9 Å². The molecule has 32 heteroatoms. The molecule has 2 unspecified atom stereocenters. The standard InChI is InChI=1S/C83H92F2N22O8/c1-7-31-104-78(112)60-44-86-80(90-53-13-19-57(20-14-53)100-36-34-98(35-37-100)47-51-48-103(49-51)67-25-16-55(43-63(67)85)89-65-23-28-72(109)95-77(65)111)96-74(60)106(104)70-26-21-59(73(93-70)83(5,6)115)50(2)46-105-79(113)61-45-87-81(97-75(61)107(105)69-10-8-9-68(92-69)82(3,4)114)91-52-11-17-56(18-12-52)99-32-29-58(30-33-99)101-38-40-102(41-39-101)66-24-15-54(42-62(66)84)88-64-22-27-71(108)94-76(64)110/h7-21,24-26,42-45,51,58,64-65,88-89,114-115H,1-2,22-23,27-41,46-49H2,3-6H3,(H,86,90,96)(H,87,91,97)(H,94,108,110)(H,95,109,111). The van der Waals surface area contributed by atoms with E-state index >= 15 is 8.78 Å². The van der Waals surface area contributed by atoms with E-state index in [1.54, 1.807) is 97.7 Å². The van der Waals surface area contributed by atoms with Crippen molar-refractivity contribution >= 4 is 109 Å². The van der Waals surface area contributed by atoms with Gasteiger partial charge in [-0.05, 0) is 168 Å². The summed E-state index contributed by atoms with van der Waals surface area (Å²) in [6.07, 6.45) is 7.63. The molecule has 4 amide bonds. The number of aromatic nitrogens is 10. The highest BCUT2D eigenvalue weighted by Gasteiger charge is 2.36. The molecule has 0 saturated carbocycles. The Bertz CT molecular complexity index is 5550. The number of hydrogen-bond acceptors (Lipinski definition) is 24. The van der Waals surface area contributed by atoms with Crippen LogP contribution in [0.25, 0.3) is 39.3 Å². The van der Waals surface area contributed by atoms with E-state index < -0.39 is 46.2 Å². The lowest BCUT2D eigenvalue weighted by molar-refractivity contribution is -0.135. The minimum Gasteiger partial charge on any atom is -0.384 e. The van der Waals surface area contributed by atoms with Gasteiger partial charge in [0.1, 0.15) is 45.7 Å². The molecule has 6 saturated heterocycles. The Balaban J connectivity index is 0.567. The van der Waals surface area contributed by atoms with Gasteiger partial charge in [0.2, 0.25) is 35.5 Å². The number of halogens is 2. The van der Waals surface area contributed by atoms with Gasteiger partial charge in [-0.15, -0.1) is 6.58 Å². The largest absolute Gasteiger partial charge is 0.384 e. The molecule has 2 atom stereocenters. The number of aliphatic hydroxyl groups is 2. The van der Waals surface area contributed by atoms with Gasteiger partial charge in [-0.2, -0.15) is 9.97 Å². The molecule has 10 aromatic rings. The third kappa shape index (κ3) is 16.2. The van der Waals surface area contributed by atoms with Crippen LogP contribution >= 0.6 is 0 Å². The molecule has 596 valence electrons. The summed E-state index contributed by atoms with van der Waals surface area (Å²) >= 11 is 0. The number of allylic oxidation sites excluding steroid dienone is 2. The Morgan fingerprint density at radius 3 is 1.58 bits per heavy atom. The van der Waals surface area contributed by atoms with Crippen LogP contribution in [0.4, 0.5) is 66.2 Å². The van der Waals surface area contributed by atoms with E-state index in [-0.39, 0.29) is 101 Å². The molecule has 115 heavy (non-hydrogen) atoms. The Labute approximate surface area is 661 Å². The number of piperidine rings is 3. The minimum absolute atomic E-state index is 0.0709. The van der Waals surface area contributed by atoms with Crippen molar-refractivity contribution in [1.29, 1.82) is 0 Å². The molecule has 4 aromatic carbocycles. The van der Waals surface area contributed by atoms with Gasteiger partial charge in [0, 0.05) is 162 Å². The second-order valence-electron chi connectivity index (χ2n) is 31.5. The van der Waals surface area contributed by atoms with Crippen molar-refractivity contribution in [1.82, 2.24) is 69.1 Å². The van der Waals surface area contributed by atoms with Crippen LogP contribution in [0.1, 0.15) is 83.2 Å². The summed E-state index contributed by atoms with van der Waals surface area (Å²) in [5.41, 5.74) is 3.51. The molecule has 16 rings (SSSR count). The number of piperazine rings is 2. The van der Waals surface area contributed by atoms with Gasteiger partial charge in [-0.1, -0.05) is 18.7 Å². The number of nitrogens with one attached hydrogen (secondary N) is 6. The maximum absolute atomic E-state index is 15.5. The van der Waals surface area contributed by atoms with Crippen molar-refractivity contribution in [3.63, 3.8) is 0 Å². The summed E-state index contributed by atoms with van der Waals surface area (Å²) in [5.74, 6) is -0.810. The maximum Gasteiger partial charge on any atom is 0.278 e. The number of amides is 4. The lowest BCUT2D eigenvalue weighted by Crippen LogP contribution is -2.55. The highest BCUT2D eigenvalue weighted by Crippen LogP contribution is 2.36. The minimum atomic E-state index is -1.62. The van der Waals surface area contributed by atoms with Crippen LogP contribution in [0.15, 0.2) is 156 Å². The molecule has 0 radical (unpaired) electrons. The summed E-state index contributed by atoms with van der Waals surface area (Å²) in [5, 5.41) is 41.1. The number of pyridine rings is 2. The summed E-state index contributed by atoms with van der Waals surface area (Å²) in [6, 6.07) is 33.7. The lowest BCUT2D eigenvalue weighted by Gasteiger charge is -2.45. The van der Waals surface area contributed by atoms with E-state index in [1.807, 2.05) is 41.3 Å². The van der Waals surface area contributed by atoms with Crippen molar-refractivity contribution in [3.8, 4) is 11.6 Å². The Morgan fingerprint density at radius 1 is 0.557 bits per heavy atom. The highest BCUT2D eigenvalue weighted by molar-refractivity contribution is 6.02. The summed E-state index contributed by atoms with van der Waals surface area (Å²) in [6.45, 7) is 25.2. The third-order valence-corrected chi connectivity index (χ3v) is 22.5. The van der Waals surface area contributed by atoms with Crippen molar-refractivity contribution in [3.05, 3.63) is 196 Å². The smallest absolute Gasteiger partial charge is 0.278 e. The predicted octanol–water partition coefficient (Wildman–Crippen LogP) is 7.87. The molecular formula is C83H92F2N22O8. The van der Waals surface area contributed by atoms with Crippen molar-refractivity contribution in [2.75, 3.05) is 126 Å². The molecule has 6 aliphatic heterocycles. The SMILES string of the molecule is C=CCn1c(=O)c2cnc(Nc3ccc(N4CCN(CC5CN(c6ccc(NC7CCC(=O)NC7=O)cc6F)C5)CC4)cc3)nc2n1-c1ccc(C(=C)Cn2c(=O)c3cnc(Nc4ccc(N5CCC(N6CCN(c7ccc(NC8CCC(=O)NC8=O)cc7F)CC6)CC5)cc4)nc3n2-c2cccc(C(C)(C)O)n2)c(C(C)(C)O)n1. The van der Waals surface area contributed by atoms with Gasteiger partial charge in [0.25, 0.3) is 11.1 Å². The zero-order valence-corrected chi connectivity index (χ0v) is 64.5. The first-order valence-corrected chi connectivity index (χ1v) is 39.0. The third-order valence-electron chi connectivity index (χ3n) is 22.5. The first kappa shape index (κ1) is 76.7. The molecule has 30 nitrogen and oxygen atoms in total. The van der Waals surface area contributed by atoms with Crippen molar-refractivity contribution in [2.45, 2.75) is 109 Å². The normalized spacial score (nSPS) is 18.4. The number of benzene rings is 4. The van der Waals surface area contributed by atoms with Crippen LogP contribution in [0.2, 0.25) is 0 Å². The topological polar surface area (TPSA) is 332 Å². The number of carbonyl (C=O) groups excluding carboxylic acids is 4. The van der Waals surface area contributed by atoms with Crippen molar-refractivity contribution < 1.29 is 38.2 Å². The summed E-state index contributed by atoms with van der Waals surface area (Å²) in [4.78, 5) is 120. The molecular weight excluding hydrogens is 1470 g/mol. The predicted molar refractivity (Wildman–Crippen MR) is 437 cm³/mol. The van der Waals surface area contributed by atoms with E-state index in [9.17, 15) is 39.0 Å². The number of fused-ring (bicyclic) bond motifs is 2. The molecule has 0 spiro atoms. The zero-order chi connectivity index (χ0) is 80.1. The number of anilines is 10. The van der Waals surface area contributed by atoms with E-state index in [2.05, 4.69) is 91.7 Å². The molecule has 6 aliphatic rings.